The standard InChI is InChI=1S/C17H17F4N3/c18-16-11-15(5-6-22-16)24-9-7-23(8-10-24)12-13-1-3-14(4-2-13)17(19,20)21/h1-6,11H,7-10,12H2. The van der Waals surface area contributed by atoms with Crippen LogP contribution >= 0.6 is 0 Å². The second kappa shape index (κ2) is 6.76. The van der Waals surface area contributed by atoms with Gasteiger partial charge in [0.1, 0.15) is 0 Å². The summed E-state index contributed by atoms with van der Waals surface area (Å²) in [5, 5.41) is 0. The molecular weight excluding hydrogens is 322 g/mol. The van der Waals surface area contributed by atoms with Gasteiger partial charge in [-0.1, -0.05) is 12.1 Å². The van der Waals surface area contributed by atoms with E-state index < -0.39 is 17.7 Å². The van der Waals surface area contributed by atoms with Gasteiger partial charge in [0.25, 0.3) is 0 Å². The van der Waals surface area contributed by atoms with Crippen LogP contribution in [0, 0.1) is 5.95 Å². The molecule has 3 nitrogen and oxygen atoms in total. The van der Waals surface area contributed by atoms with Crippen molar-refractivity contribution in [3.8, 4) is 0 Å². The smallest absolute Gasteiger partial charge is 0.369 e. The molecule has 128 valence electrons. The van der Waals surface area contributed by atoms with Crippen LogP contribution in [0.2, 0.25) is 0 Å². The highest BCUT2D eigenvalue weighted by atomic mass is 19.4. The van der Waals surface area contributed by atoms with Gasteiger partial charge in [-0.3, -0.25) is 4.90 Å². The molecule has 3 rings (SSSR count). The minimum Gasteiger partial charge on any atom is -0.369 e. The van der Waals surface area contributed by atoms with E-state index in [-0.39, 0.29) is 0 Å². The maximum Gasteiger partial charge on any atom is 0.416 e. The van der Waals surface area contributed by atoms with Crippen molar-refractivity contribution < 1.29 is 17.6 Å². The summed E-state index contributed by atoms with van der Waals surface area (Å²) in [6.45, 7) is 3.63. The van der Waals surface area contributed by atoms with Crippen molar-refractivity contribution in [3.63, 3.8) is 0 Å². The highest BCUT2D eigenvalue weighted by Gasteiger charge is 2.30. The Hall–Kier alpha value is -2.15. The zero-order valence-corrected chi connectivity index (χ0v) is 12.9. The molecule has 0 aliphatic carbocycles. The zero-order chi connectivity index (χ0) is 17.2. The van der Waals surface area contributed by atoms with Crippen LogP contribution in [-0.2, 0) is 12.7 Å². The van der Waals surface area contributed by atoms with Gasteiger partial charge in [-0.15, -0.1) is 0 Å². The number of hydrogen-bond donors (Lipinski definition) is 0. The Morgan fingerprint density at radius 2 is 1.62 bits per heavy atom. The van der Waals surface area contributed by atoms with E-state index in [0.717, 1.165) is 49.6 Å². The number of alkyl halides is 3. The summed E-state index contributed by atoms with van der Waals surface area (Å²) in [5.41, 5.74) is 1.03. The largest absolute Gasteiger partial charge is 0.416 e. The topological polar surface area (TPSA) is 19.4 Å². The monoisotopic (exact) mass is 339 g/mol. The molecule has 0 amide bonds. The number of hydrogen-bond acceptors (Lipinski definition) is 3. The molecule has 2 aromatic rings. The van der Waals surface area contributed by atoms with E-state index in [0.29, 0.717) is 6.54 Å². The van der Waals surface area contributed by atoms with Crippen molar-refractivity contribution in [1.82, 2.24) is 9.88 Å². The molecule has 0 atom stereocenters. The Morgan fingerprint density at radius 3 is 2.21 bits per heavy atom. The van der Waals surface area contributed by atoms with Crippen molar-refractivity contribution in [2.45, 2.75) is 12.7 Å². The first kappa shape index (κ1) is 16.7. The lowest BCUT2D eigenvalue weighted by Gasteiger charge is -2.36. The molecule has 0 spiro atoms. The second-order valence-electron chi connectivity index (χ2n) is 5.79. The average Bonchev–Trinajstić information content (AvgIpc) is 2.55. The van der Waals surface area contributed by atoms with Crippen LogP contribution in [0.3, 0.4) is 0 Å². The third-order valence-electron chi connectivity index (χ3n) is 4.14. The Labute approximate surface area is 137 Å². The third kappa shape index (κ3) is 4.03. The lowest BCUT2D eigenvalue weighted by Crippen LogP contribution is -2.46. The molecule has 1 aliphatic heterocycles. The second-order valence-corrected chi connectivity index (χ2v) is 5.79. The van der Waals surface area contributed by atoms with Crippen molar-refractivity contribution in [2.75, 3.05) is 31.1 Å². The molecule has 0 radical (unpaired) electrons. The SMILES string of the molecule is Fc1cc(N2CCN(Cc3ccc(C(F)(F)F)cc3)CC2)ccn1. The van der Waals surface area contributed by atoms with Crippen LogP contribution in [0.4, 0.5) is 23.2 Å². The summed E-state index contributed by atoms with van der Waals surface area (Å²) in [6, 6.07) is 8.46. The molecule has 2 heterocycles. The summed E-state index contributed by atoms with van der Waals surface area (Å²) in [4.78, 5) is 7.80. The zero-order valence-electron chi connectivity index (χ0n) is 12.9. The van der Waals surface area contributed by atoms with E-state index in [9.17, 15) is 17.6 Å². The van der Waals surface area contributed by atoms with E-state index >= 15 is 0 Å². The lowest BCUT2D eigenvalue weighted by atomic mass is 10.1. The molecular formula is C17H17F4N3. The van der Waals surface area contributed by atoms with E-state index in [1.54, 1.807) is 6.07 Å². The van der Waals surface area contributed by atoms with Crippen LogP contribution in [0.1, 0.15) is 11.1 Å². The summed E-state index contributed by atoms with van der Waals surface area (Å²) >= 11 is 0. The normalized spacial score (nSPS) is 16.4. The van der Waals surface area contributed by atoms with Gasteiger partial charge in [-0.25, -0.2) is 4.98 Å². The summed E-state index contributed by atoms with van der Waals surface area (Å²) in [6.07, 6.45) is -2.86. The maximum atomic E-state index is 13.2. The average molecular weight is 339 g/mol. The van der Waals surface area contributed by atoms with E-state index in [1.807, 2.05) is 0 Å². The molecule has 1 fully saturated rings. The fourth-order valence-corrected chi connectivity index (χ4v) is 2.81. The Bertz CT molecular complexity index is 677. The highest BCUT2D eigenvalue weighted by molar-refractivity contribution is 5.45. The molecule has 0 bridgehead atoms. The van der Waals surface area contributed by atoms with Crippen LogP contribution in [0.5, 0.6) is 0 Å². The first-order valence-electron chi connectivity index (χ1n) is 7.67. The number of rotatable bonds is 3. The molecule has 1 saturated heterocycles. The Morgan fingerprint density at radius 1 is 0.958 bits per heavy atom. The van der Waals surface area contributed by atoms with E-state index in [2.05, 4.69) is 14.8 Å². The number of pyridine rings is 1. The van der Waals surface area contributed by atoms with Crippen LogP contribution in [0.25, 0.3) is 0 Å². The van der Waals surface area contributed by atoms with Crippen molar-refractivity contribution in [3.05, 3.63) is 59.7 Å². The highest BCUT2D eigenvalue weighted by Crippen LogP contribution is 2.29. The summed E-state index contributed by atoms with van der Waals surface area (Å²) in [5.74, 6) is -0.500. The Kier molecular flexibility index (Phi) is 4.71. The fourth-order valence-electron chi connectivity index (χ4n) is 2.81. The van der Waals surface area contributed by atoms with E-state index in [1.165, 1.54) is 24.4 Å². The third-order valence-corrected chi connectivity index (χ3v) is 4.14. The number of nitrogens with zero attached hydrogens (tertiary/aromatic N) is 3. The van der Waals surface area contributed by atoms with Crippen LogP contribution in [0.15, 0.2) is 42.6 Å². The van der Waals surface area contributed by atoms with Crippen LogP contribution in [-0.4, -0.2) is 36.1 Å². The summed E-state index contributed by atoms with van der Waals surface area (Å²) < 4.78 is 50.9. The molecule has 0 unspecified atom stereocenters. The molecule has 0 N–H and O–H groups in total. The van der Waals surface area contributed by atoms with Crippen LogP contribution < -0.4 is 4.90 Å². The molecule has 1 aromatic heterocycles. The van der Waals surface area contributed by atoms with Gasteiger partial charge in [0, 0.05) is 50.7 Å². The van der Waals surface area contributed by atoms with Gasteiger partial charge in [0.15, 0.2) is 0 Å². The number of halogens is 4. The van der Waals surface area contributed by atoms with Gasteiger partial charge in [-0.05, 0) is 23.8 Å². The predicted octanol–water partition coefficient (Wildman–Crippen LogP) is 3.56. The first-order valence-corrected chi connectivity index (χ1v) is 7.67. The number of anilines is 1. The number of benzene rings is 1. The first-order chi connectivity index (χ1) is 11.4. The molecule has 24 heavy (non-hydrogen) atoms. The van der Waals surface area contributed by atoms with Crippen molar-refractivity contribution in [1.29, 1.82) is 0 Å². The predicted molar refractivity (Wildman–Crippen MR) is 83.1 cm³/mol. The van der Waals surface area contributed by atoms with Crippen molar-refractivity contribution in [2.24, 2.45) is 0 Å². The van der Waals surface area contributed by atoms with Gasteiger partial charge in [-0.2, -0.15) is 17.6 Å². The fraction of sp³-hybridized carbons (Fsp3) is 0.353. The number of aromatic nitrogens is 1. The van der Waals surface area contributed by atoms with Gasteiger partial charge >= 0.3 is 6.18 Å². The Balaban J connectivity index is 1.55. The molecule has 0 saturated carbocycles. The summed E-state index contributed by atoms with van der Waals surface area (Å²) in [7, 11) is 0. The minimum atomic E-state index is -4.30. The lowest BCUT2D eigenvalue weighted by molar-refractivity contribution is -0.137. The van der Waals surface area contributed by atoms with E-state index in [4.69, 9.17) is 0 Å². The van der Waals surface area contributed by atoms with Crippen molar-refractivity contribution >= 4 is 5.69 Å². The van der Waals surface area contributed by atoms with Gasteiger partial charge in [0.05, 0.1) is 5.56 Å². The maximum absolute atomic E-state index is 13.2. The molecule has 7 heteroatoms. The quantitative estimate of drug-likeness (QED) is 0.630. The van der Waals surface area contributed by atoms with Gasteiger partial charge < -0.3 is 4.90 Å². The number of piperazine rings is 1. The molecule has 1 aliphatic rings. The minimum absolute atomic E-state index is 0.500. The van der Waals surface area contributed by atoms with Gasteiger partial charge in [0.2, 0.25) is 5.95 Å². The molecule has 1 aromatic carbocycles.